The molecule has 8 heteroatoms. The van der Waals surface area contributed by atoms with Gasteiger partial charge in [0.1, 0.15) is 5.69 Å². The molecule has 0 aromatic heterocycles. The molecule has 158 valence electrons. The molecule has 0 aliphatic carbocycles. The summed E-state index contributed by atoms with van der Waals surface area (Å²) in [5.41, 5.74) is 2.77. The van der Waals surface area contributed by atoms with Gasteiger partial charge in [0.05, 0.1) is 26.7 Å². The molecular formula is C22H28N5O3+. The zero-order chi connectivity index (χ0) is 21.7. The van der Waals surface area contributed by atoms with Gasteiger partial charge in [0.2, 0.25) is 11.9 Å². The van der Waals surface area contributed by atoms with Crippen LogP contribution in [0, 0.1) is 12.8 Å². The molecule has 1 saturated heterocycles. The number of hydrogen-bond donors (Lipinski definition) is 0. The van der Waals surface area contributed by atoms with Crippen LogP contribution < -0.4 is 9.64 Å². The van der Waals surface area contributed by atoms with Crippen LogP contribution in [0.5, 0.6) is 5.75 Å². The Balaban J connectivity index is 1.82. The van der Waals surface area contributed by atoms with Crippen molar-refractivity contribution in [1.29, 1.82) is 0 Å². The maximum absolute atomic E-state index is 13.3. The number of imide groups is 1. The van der Waals surface area contributed by atoms with Gasteiger partial charge in [-0.05, 0) is 31.5 Å². The first kappa shape index (κ1) is 20.1. The monoisotopic (exact) mass is 410 g/mol. The van der Waals surface area contributed by atoms with Gasteiger partial charge in [-0.1, -0.05) is 30.1 Å². The third-order valence-electron chi connectivity index (χ3n) is 5.69. The number of urea groups is 1. The quantitative estimate of drug-likeness (QED) is 0.563. The number of nitrogens with zero attached hydrogens (tertiary/aromatic N) is 5. The Kier molecular flexibility index (Phi) is 4.88. The lowest BCUT2D eigenvalue weighted by Crippen LogP contribution is -2.63. The van der Waals surface area contributed by atoms with E-state index in [9.17, 15) is 9.59 Å². The number of methoxy groups -OCH3 is 1. The Morgan fingerprint density at radius 3 is 2.77 bits per heavy atom. The minimum atomic E-state index is -0.608. The lowest BCUT2D eigenvalue weighted by atomic mass is 10.1. The first-order valence-corrected chi connectivity index (χ1v) is 10.1. The Bertz CT molecular complexity index is 1010. The van der Waals surface area contributed by atoms with E-state index in [-0.39, 0.29) is 18.5 Å². The Morgan fingerprint density at radius 1 is 1.37 bits per heavy atom. The number of anilines is 1. The normalized spacial score (nSPS) is 23.5. The van der Waals surface area contributed by atoms with Gasteiger partial charge in [0.15, 0.2) is 5.75 Å². The Hall–Kier alpha value is -3.16. The van der Waals surface area contributed by atoms with E-state index in [1.54, 1.807) is 14.2 Å². The summed E-state index contributed by atoms with van der Waals surface area (Å²) in [4.78, 5) is 35.8. The molecule has 4 rings (SSSR count). The van der Waals surface area contributed by atoms with Crippen LogP contribution in [-0.2, 0) is 4.79 Å². The van der Waals surface area contributed by atoms with Crippen molar-refractivity contribution in [3.63, 3.8) is 0 Å². The Labute approximate surface area is 176 Å². The third kappa shape index (κ3) is 3.07. The molecule has 3 amide bonds. The number of amides is 3. The summed E-state index contributed by atoms with van der Waals surface area (Å²) in [7, 11) is 3.32. The molecule has 0 radical (unpaired) electrons. The molecule has 1 aromatic rings. The molecule has 0 bridgehead atoms. The predicted molar refractivity (Wildman–Crippen MR) is 115 cm³/mol. The van der Waals surface area contributed by atoms with Gasteiger partial charge in [0.25, 0.3) is 5.91 Å². The van der Waals surface area contributed by atoms with E-state index in [4.69, 9.17) is 9.73 Å². The SMILES string of the molecule is C=C(C)CN1C(=O)C2C(=NC3=[N+]2CC(C)CN3c2cc(C)ccc2OC)N(C)C1=O. The molecule has 3 heterocycles. The zero-order valence-corrected chi connectivity index (χ0v) is 18.2. The van der Waals surface area contributed by atoms with Crippen LogP contribution in [0.1, 0.15) is 19.4 Å². The molecule has 0 saturated carbocycles. The fraction of sp³-hybridized carbons (Fsp3) is 0.455. The molecule has 3 aliphatic heterocycles. The number of fused-ring (bicyclic) bond motifs is 2. The van der Waals surface area contributed by atoms with Gasteiger partial charge >= 0.3 is 12.0 Å². The molecule has 3 aliphatic rings. The molecule has 30 heavy (non-hydrogen) atoms. The molecule has 1 aromatic carbocycles. The number of carbonyl (C=O) groups is 2. The van der Waals surface area contributed by atoms with E-state index in [2.05, 4.69) is 24.5 Å². The fourth-order valence-electron chi connectivity index (χ4n) is 4.33. The number of likely N-dealkylation sites (N-methyl/N-ethyl adjacent to an activating group) is 1. The molecule has 1 fully saturated rings. The van der Waals surface area contributed by atoms with Gasteiger partial charge in [-0.25, -0.2) is 14.3 Å². The van der Waals surface area contributed by atoms with Crippen LogP contribution in [0.3, 0.4) is 0 Å². The van der Waals surface area contributed by atoms with Crippen LogP contribution in [-0.4, -0.2) is 77.9 Å². The summed E-state index contributed by atoms with van der Waals surface area (Å²) >= 11 is 0. The van der Waals surface area contributed by atoms with Gasteiger partial charge < -0.3 is 4.74 Å². The second-order valence-electron chi connectivity index (χ2n) is 8.44. The van der Waals surface area contributed by atoms with E-state index >= 15 is 0 Å². The van der Waals surface area contributed by atoms with Crippen molar-refractivity contribution in [3.05, 3.63) is 35.9 Å². The van der Waals surface area contributed by atoms with Crippen LogP contribution in [0.15, 0.2) is 35.3 Å². The van der Waals surface area contributed by atoms with E-state index < -0.39 is 6.04 Å². The highest BCUT2D eigenvalue weighted by molar-refractivity contribution is 6.24. The minimum Gasteiger partial charge on any atom is -0.493 e. The van der Waals surface area contributed by atoms with Crippen LogP contribution in [0.4, 0.5) is 10.5 Å². The van der Waals surface area contributed by atoms with Crippen molar-refractivity contribution in [3.8, 4) is 5.75 Å². The van der Waals surface area contributed by atoms with E-state index in [1.807, 2.05) is 30.6 Å². The largest absolute Gasteiger partial charge is 0.493 e. The first-order chi connectivity index (χ1) is 14.2. The zero-order valence-electron chi connectivity index (χ0n) is 18.2. The minimum absolute atomic E-state index is 0.208. The number of rotatable bonds is 4. The highest BCUT2D eigenvalue weighted by Crippen LogP contribution is 2.34. The van der Waals surface area contributed by atoms with Crippen LogP contribution in [0.25, 0.3) is 0 Å². The van der Waals surface area contributed by atoms with Crippen LogP contribution in [0.2, 0.25) is 0 Å². The highest BCUT2D eigenvalue weighted by Gasteiger charge is 2.55. The predicted octanol–water partition coefficient (Wildman–Crippen LogP) is 2.08. The highest BCUT2D eigenvalue weighted by atomic mass is 16.5. The lowest BCUT2D eigenvalue weighted by molar-refractivity contribution is -0.545. The topological polar surface area (TPSA) is 68.5 Å². The van der Waals surface area contributed by atoms with Crippen molar-refractivity contribution in [2.75, 3.05) is 38.7 Å². The number of guanidine groups is 1. The van der Waals surface area contributed by atoms with E-state index in [0.717, 1.165) is 29.1 Å². The average Bonchev–Trinajstić information content (AvgIpc) is 3.08. The summed E-state index contributed by atoms with van der Waals surface area (Å²) in [5.74, 6) is 1.95. The standard InChI is InChI=1S/C22H28N5O3/c1-13(2)10-27-20(28)18-19(24(5)22(27)29)23-21-25(11-15(4)12-26(18)21)16-9-14(3)7-8-17(16)30-6/h7-9,15,18H,1,10-12H2,2-6H3/q+1. The second-order valence-corrected chi connectivity index (χ2v) is 8.44. The van der Waals surface area contributed by atoms with Crippen LogP contribution >= 0.6 is 0 Å². The number of carbonyl (C=O) groups excluding carboxylic acids is 2. The number of benzene rings is 1. The molecule has 8 nitrogen and oxygen atoms in total. The number of amidine groups is 1. The van der Waals surface area contributed by atoms with Crippen molar-refractivity contribution in [2.24, 2.45) is 10.9 Å². The Morgan fingerprint density at radius 2 is 2.10 bits per heavy atom. The maximum atomic E-state index is 13.3. The third-order valence-corrected chi connectivity index (χ3v) is 5.69. The number of hydrogen-bond acceptors (Lipinski definition) is 5. The summed E-state index contributed by atoms with van der Waals surface area (Å²) < 4.78 is 7.62. The van der Waals surface area contributed by atoms with Crippen molar-refractivity contribution in [1.82, 2.24) is 9.80 Å². The fourth-order valence-corrected chi connectivity index (χ4v) is 4.33. The van der Waals surface area contributed by atoms with Gasteiger partial charge in [-0.2, -0.15) is 0 Å². The number of aryl methyl sites for hydroxylation is 1. The van der Waals surface area contributed by atoms with Crippen molar-refractivity contribution >= 4 is 29.4 Å². The average molecular weight is 410 g/mol. The lowest BCUT2D eigenvalue weighted by Gasteiger charge is -2.35. The van der Waals surface area contributed by atoms with Gasteiger partial charge in [0, 0.05) is 13.0 Å². The first-order valence-electron chi connectivity index (χ1n) is 10.1. The number of aliphatic imine (C=N–C) groups is 1. The molecule has 2 atom stereocenters. The van der Waals surface area contributed by atoms with Gasteiger partial charge in [-0.15, -0.1) is 0 Å². The van der Waals surface area contributed by atoms with Crippen molar-refractivity contribution in [2.45, 2.75) is 26.8 Å². The summed E-state index contributed by atoms with van der Waals surface area (Å²) in [5, 5.41) is 0. The van der Waals surface area contributed by atoms with E-state index in [0.29, 0.717) is 24.3 Å². The molecule has 0 N–H and O–H groups in total. The van der Waals surface area contributed by atoms with E-state index in [1.165, 1.54) is 9.80 Å². The maximum Gasteiger partial charge on any atom is 0.397 e. The number of ether oxygens (including phenoxy) is 1. The molecular weight excluding hydrogens is 382 g/mol. The summed E-state index contributed by atoms with van der Waals surface area (Å²) in [6.45, 7) is 11.5. The second kappa shape index (κ2) is 7.27. The van der Waals surface area contributed by atoms with Crippen molar-refractivity contribution < 1.29 is 18.9 Å². The molecule has 0 spiro atoms. The van der Waals surface area contributed by atoms with Gasteiger partial charge in [-0.3, -0.25) is 14.6 Å². The summed E-state index contributed by atoms with van der Waals surface area (Å²) in [6, 6.07) is 5.03. The molecule has 2 unspecified atom stereocenters. The smallest absolute Gasteiger partial charge is 0.397 e. The summed E-state index contributed by atoms with van der Waals surface area (Å²) in [6.07, 6.45) is 0.